The van der Waals surface area contributed by atoms with E-state index in [2.05, 4.69) is 10.6 Å². The summed E-state index contributed by atoms with van der Waals surface area (Å²) in [6.45, 7) is 5.05. The van der Waals surface area contributed by atoms with Crippen LogP contribution < -0.4 is 22.1 Å². The summed E-state index contributed by atoms with van der Waals surface area (Å²) in [4.78, 5) is 61.7. The fourth-order valence-corrected chi connectivity index (χ4v) is 3.28. The number of hydrogen-bond donors (Lipinski definition) is 6. The van der Waals surface area contributed by atoms with Crippen LogP contribution in [0.5, 0.6) is 0 Å². The molecule has 0 aromatic rings. The highest BCUT2D eigenvalue weighted by Gasteiger charge is 2.40. The molecular formula is C19H33N5O7. The van der Waals surface area contributed by atoms with E-state index in [-0.39, 0.29) is 25.3 Å². The minimum atomic E-state index is -1.32. The number of aliphatic hydroxyl groups is 1. The molecule has 0 aliphatic carbocycles. The Morgan fingerprint density at radius 2 is 1.74 bits per heavy atom. The van der Waals surface area contributed by atoms with E-state index in [1.807, 2.05) is 0 Å². The van der Waals surface area contributed by atoms with Crippen molar-refractivity contribution in [3.8, 4) is 0 Å². The van der Waals surface area contributed by atoms with Crippen LogP contribution in [0.2, 0.25) is 0 Å². The third-order valence-corrected chi connectivity index (χ3v) is 5.19. The lowest BCUT2D eigenvalue weighted by Gasteiger charge is -2.31. The Morgan fingerprint density at radius 1 is 1.13 bits per heavy atom. The topological polar surface area (TPSA) is 205 Å². The van der Waals surface area contributed by atoms with E-state index in [0.29, 0.717) is 12.8 Å². The van der Waals surface area contributed by atoms with Crippen molar-refractivity contribution in [1.82, 2.24) is 15.5 Å². The summed E-state index contributed by atoms with van der Waals surface area (Å²) in [7, 11) is 0. The fourth-order valence-electron chi connectivity index (χ4n) is 3.28. The van der Waals surface area contributed by atoms with Crippen LogP contribution in [0.15, 0.2) is 0 Å². The first-order chi connectivity index (χ1) is 14.4. The molecular weight excluding hydrogens is 410 g/mol. The van der Waals surface area contributed by atoms with E-state index >= 15 is 0 Å². The van der Waals surface area contributed by atoms with E-state index in [4.69, 9.17) is 11.5 Å². The number of aliphatic hydroxyl groups excluding tert-OH is 1. The number of hydrogen-bond acceptors (Lipinski definition) is 7. The molecule has 176 valence electrons. The SMILES string of the molecule is CC(C)C(NC(=O)C(N)C(C)O)C(=O)N1CCCC1C(=O)NC(CCC(N)=O)C(=O)O. The summed E-state index contributed by atoms with van der Waals surface area (Å²) in [5, 5.41) is 23.7. The molecule has 0 aromatic heterocycles. The first kappa shape index (κ1) is 26.3. The fraction of sp³-hybridized carbons (Fsp3) is 0.737. The normalized spacial score (nSPS) is 19.9. The van der Waals surface area contributed by atoms with E-state index < -0.39 is 59.9 Å². The molecule has 0 saturated carbocycles. The molecule has 1 aliphatic rings. The molecule has 0 radical (unpaired) electrons. The molecule has 1 saturated heterocycles. The average molecular weight is 444 g/mol. The third-order valence-electron chi connectivity index (χ3n) is 5.19. The van der Waals surface area contributed by atoms with Gasteiger partial charge in [0, 0.05) is 13.0 Å². The maximum Gasteiger partial charge on any atom is 0.326 e. The van der Waals surface area contributed by atoms with Crippen LogP contribution in [0.1, 0.15) is 46.5 Å². The monoisotopic (exact) mass is 443 g/mol. The van der Waals surface area contributed by atoms with E-state index in [0.717, 1.165) is 0 Å². The number of primary amides is 1. The van der Waals surface area contributed by atoms with Gasteiger partial charge >= 0.3 is 5.97 Å². The summed E-state index contributed by atoms with van der Waals surface area (Å²) in [5.41, 5.74) is 10.7. The van der Waals surface area contributed by atoms with Crippen molar-refractivity contribution in [2.24, 2.45) is 17.4 Å². The van der Waals surface area contributed by atoms with E-state index in [1.54, 1.807) is 13.8 Å². The van der Waals surface area contributed by atoms with Crippen molar-refractivity contribution in [3.05, 3.63) is 0 Å². The molecule has 1 rings (SSSR count). The molecule has 12 heteroatoms. The lowest BCUT2D eigenvalue weighted by atomic mass is 10.0. The molecule has 5 unspecified atom stereocenters. The maximum absolute atomic E-state index is 13.1. The second-order valence-corrected chi connectivity index (χ2v) is 8.09. The number of nitrogens with one attached hydrogen (secondary N) is 2. The van der Waals surface area contributed by atoms with Gasteiger partial charge in [0.15, 0.2) is 0 Å². The molecule has 5 atom stereocenters. The highest BCUT2D eigenvalue weighted by atomic mass is 16.4. The highest BCUT2D eigenvalue weighted by Crippen LogP contribution is 2.21. The van der Waals surface area contributed by atoms with Crippen molar-refractivity contribution in [2.45, 2.75) is 76.7 Å². The van der Waals surface area contributed by atoms with Gasteiger partial charge in [0.2, 0.25) is 23.6 Å². The molecule has 8 N–H and O–H groups in total. The minimum absolute atomic E-state index is 0.168. The summed E-state index contributed by atoms with van der Waals surface area (Å²) in [6, 6.07) is -4.42. The minimum Gasteiger partial charge on any atom is -0.480 e. The van der Waals surface area contributed by atoms with E-state index in [1.165, 1.54) is 11.8 Å². The Morgan fingerprint density at radius 3 is 2.23 bits per heavy atom. The van der Waals surface area contributed by atoms with Crippen LogP contribution >= 0.6 is 0 Å². The molecule has 4 amide bonds. The molecule has 12 nitrogen and oxygen atoms in total. The van der Waals surface area contributed by atoms with Crippen LogP contribution in [0.25, 0.3) is 0 Å². The Kier molecular flexibility index (Phi) is 9.85. The lowest BCUT2D eigenvalue weighted by Crippen LogP contribution is -2.59. The molecule has 1 aliphatic heterocycles. The van der Waals surface area contributed by atoms with Gasteiger partial charge in [-0.15, -0.1) is 0 Å². The van der Waals surface area contributed by atoms with Crippen molar-refractivity contribution < 1.29 is 34.2 Å². The van der Waals surface area contributed by atoms with Gasteiger partial charge in [0.05, 0.1) is 6.10 Å². The second-order valence-electron chi connectivity index (χ2n) is 8.09. The zero-order valence-corrected chi connectivity index (χ0v) is 18.0. The number of amides is 4. The largest absolute Gasteiger partial charge is 0.480 e. The lowest BCUT2D eigenvalue weighted by molar-refractivity contribution is -0.145. The summed E-state index contributed by atoms with van der Waals surface area (Å²) in [5.74, 6) is -4.18. The van der Waals surface area contributed by atoms with Crippen molar-refractivity contribution in [3.63, 3.8) is 0 Å². The Hall–Kier alpha value is -2.73. The van der Waals surface area contributed by atoms with Gasteiger partial charge in [-0.25, -0.2) is 4.79 Å². The number of carboxylic acids is 1. The first-order valence-electron chi connectivity index (χ1n) is 10.2. The summed E-state index contributed by atoms with van der Waals surface area (Å²) >= 11 is 0. The van der Waals surface area contributed by atoms with Gasteiger partial charge in [0.1, 0.15) is 24.2 Å². The number of nitrogens with two attached hydrogens (primary N) is 2. The predicted octanol–water partition coefficient (Wildman–Crippen LogP) is -2.34. The number of likely N-dealkylation sites (tertiary alicyclic amines) is 1. The zero-order chi connectivity index (χ0) is 23.9. The standard InChI is InChI=1S/C19H33N5O7/c1-9(2)15(23-17(28)14(21)10(3)25)18(29)24-8-4-5-12(24)16(27)22-11(19(30)31)6-7-13(20)26/h9-12,14-15,25H,4-8,21H2,1-3H3,(H2,20,26)(H,22,27)(H,23,28)(H,30,31). The van der Waals surface area contributed by atoms with Gasteiger partial charge in [-0.1, -0.05) is 13.8 Å². The van der Waals surface area contributed by atoms with E-state index in [9.17, 15) is 34.2 Å². The molecule has 0 bridgehead atoms. The smallest absolute Gasteiger partial charge is 0.326 e. The molecule has 1 fully saturated rings. The molecule has 1 heterocycles. The van der Waals surface area contributed by atoms with Crippen molar-refractivity contribution in [2.75, 3.05) is 6.54 Å². The van der Waals surface area contributed by atoms with Gasteiger partial charge in [-0.3, -0.25) is 19.2 Å². The Balaban J connectivity index is 2.92. The molecule has 0 spiro atoms. The summed E-state index contributed by atoms with van der Waals surface area (Å²) in [6.07, 6.45) is -0.642. The quantitative estimate of drug-likeness (QED) is 0.203. The number of carbonyl (C=O) groups excluding carboxylic acids is 4. The van der Waals surface area contributed by atoms with Crippen LogP contribution in [0.3, 0.4) is 0 Å². The number of aliphatic carboxylic acids is 1. The Labute approximate surface area is 180 Å². The van der Waals surface area contributed by atoms with Gasteiger partial charge in [-0.05, 0) is 32.1 Å². The zero-order valence-electron chi connectivity index (χ0n) is 18.0. The van der Waals surface area contributed by atoms with Gasteiger partial charge in [-0.2, -0.15) is 0 Å². The molecule has 0 aromatic carbocycles. The van der Waals surface area contributed by atoms with Crippen LogP contribution in [-0.4, -0.2) is 81.5 Å². The number of carboxylic acid groups (broad SMARTS) is 1. The van der Waals surface area contributed by atoms with Crippen LogP contribution in [0, 0.1) is 5.92 Å². The highest BCUT2D eigenvalue weighted by molar-refractivity contribution is 5.94. The maximum atomic E-state index is 13.1. The van der Waals surface area contributed by atoms with Crippen molar-refractivity contribution in [1.29, 1.82) is 0 Å². The van der Waals surface area contributed by atoms with Crippen LogP contribution in [-0.2, 0) is 24.0 Å². The summed E-state index contributed by atoms with van der Waals surface area (Å²) < 4.78 is 0. The van der Waals surface area contributed by atoms with Gasteiger partial charge < -0.3 is 37.2 Å². The van der Waals surface area contributed by atoms with Crippen LogP contribution in [0.4, 0.5) is 0 Å². The Bertz CT molecular complexity index is 697. The number of rotatable bonds is 11. The van der Waals surface area contributed by atoms with Gasteiger partial charge in [0.25, 0.3) is 0 Å². The first-order valence-corrected chi connectivity index (χ1v) is 10.2. The average Bonchev–Trinajstić information content (AvgIpc) is 3.16. The molecule has 31 heavy (non-hydrogen) atoms. The number of nitrogens with zero attached hydrogens (tertiary/aromatic N) is 1. The predicted molar refractivity (Wildman–Crippen MR) is 109 cm³/mol. The third kappa shape index (κ3) is 7.47. The second kappa shape index (κ2) is 11.6. The number of carbonyl (C=O) groups is 5. The van der Waals surface area contributed by atoms with Crippen molar-refractivity contribution >= 4 is 29.6 Å².